The summed E-state index contributed by atoms with van der Waals surface area (Å²) in [6, 6.07) is 0.307. The summed E-state index contributed by atoms with van der Waals surface area (Å²) in [6.07, 6.45) is 1.04. The third-order valence-electron chi connectivity index (χ3n) is 2.86. The Kier molecular flexibility index (Phi) is 5.29. The van der Waals surface area contributed by atoms with Gasteiger partial charge in [-0.25, -0.2) is 0 Å². The standard InChI is InChI=1S/C12H23N5O2/c1-5-6-14-8(2)9-16-17-11(19-9)15-7-12(3,4)10(13)18/h8,14H,5-7H2,1-4H3,(H2,13,18)(H,15,17). The van der Waals surface area contributed by atoms with E-state index in [1.807, 2.05) is 6.92 Å². The maximum absolute atomic E-state index is 11.2. The first-order valence-electron chi connectivity index (χ1n) is 6.47. The number of amides is 1. The van der Waals surface area contributed by atoms with Gasteiger partial charge in [0, 0.05) is 6.54 Å². The van der Waals surface area contributed by atoms with E-state index in [9.17, 15) is 4.79 Å². The molecule has 1 aromatic rings. The van der Waals surface area contributed by atoms with Crippen molar-refractivity contribution in [2.75, 3.05) is 18.4 Å². The molecular formula is C12H23N5O2. The third kappa shape index (κ3) is 4.51. The number of carbonyl (C=O) groups is 1. The van der Waals surface area contributed by atoms with E-state index in [1.165, 1.54) is 0 Å². The summed E-state index contributed by atoms with van der Waals surface area (Å²) in [4.78, 5) is 11.2. The number of primary amides is 1. The minimum absolute atomic E-state index is 0.00662. The molecule has 4 N–H and O–H groups in total. The summed E-state index contributed by atoms with van der Waals surface area (Å²) < 4.78 is 5.47. The molecule has 0 aliphatic carbocycles. The fourth-order valence-corrected chi connectivity index (χ4v) is 1.31. The number of carbonyl (C=O) groups excluding carboxylic acids is 1. The summed E-state index contributed by atoms with van der Waals surface area (Å²) in [7, 11) is 0. The Morgan fingerprint density at radius 2 is 2.16 bits per heavy atom. The Morgan fingerprint density at radius 1 is 1.47 bits per heavy atom. The van der Waals surface area contributed by atoms with Crippen LogP contribution in [0, 0.1) is 5.41 Å². The molecule has 1 rings (SSSR count). The van der Waals surface area contributed by atoms with Gasteiger partial charge in [0.05, 0.1) is 11.5 Å². The number of aromatic nitrogens is 2. The second kappa shape index (κ2) is 6.51. The minimum atomic E-state index is -0.666. The lowest BCUT2D eigenvalue weighted by Crippen LogP contribution is -2.37. The quantitative estimate of drug-likeness (QED) is 0.651. The van der Waals surface area contributed by atoms with Gasteiger partial charge in [0.25, 0.3) is 0 Å². The number of hydrogen-bond acceptors (Lipinski definition) is 6. The zero-order chi connectivity index (χ0) is 14.5. The number of rotatable bonds is 8. The molecule has 0 fully saturated rings. The van der Waals surface area contributed by atoms with Gasteiger partial charge in [-0.1, -0.05) is 12.0 Å². The smallest absolute Gasteiger partial charge is 0.315 e. The highest BCUT2D eigenvalue weighted by atomic mass is 16.4. The predicted octanol–water partition coefficient (Wildman–Crippen LogP) is 1.05. The summed E-state index contributed by atoms with van der Waals surface area (Å²) in [6.45, 7) is 8.80. The van der Waals surface area contributed by atoms with Crippen LogP contribution in [0.25, 0.3) is 0 Å². The van der Waals surface area contributed by atoms with Gasteiger partial charge >= 0.3 is 6.01 Å². The maximum atomic E-state index is 11.2. The highest BCUT2D eigenvalue weighted by Crippen LogP contribution is 2.17. The molecule has 7 heteroatoms. The van der Waals surface area contributed by atoms with Crippen LogP contribution in [0.2, 0.25) is 0 Å². The Balaban J connectivity index is 2.53. The van der Waals surface area contributed by atoms with E-state index in [0.717, 1.165) is 13.0 Å². The van der Waals surface area contributed by atoms with Crippen LogP contribution in [0.15, 0.2) is 4.42 Å². The molecule has 0 saturated carbocycles. The molecule has 1 unspecified atom stereocenters. The average molecular weight is 269 g/mol. The van der Waals surface area contributed by atoms with Crippen LogP contribution in [-0.2, 0) is 4.79 Å². The van der Waals surface area contributed by atoms with Crippen LogP contribution in [0.5, 0.6) is 0 Å². The van der Waals surface area contributed by atoms with Crippen molar-refractivity contribution in [3.63, 3.8) is 0 Å². The van der Waals surface area contributed by atoms with Gasteiger partial charge in [-0.15, -0.1) is 5.10 Å². The topological polar surface area (TPSA) is 106 Å². The molecule has 1 amide bonds. The van der Waals surface area contributed by atoms with Crippen molar-refractivity contribution < 1.29 is 9.21 Å². The Hall–Kier alpha value is -1.63. The number of hydrogen-bond donors (Lipinski definition) is 3. The van der Waals surface area contributed by atoms with E-state index in [-0.39, 0.29) is 11.9 Å². The lowest BCUT2D eigenvalue weighted by molar-refractivity contribution is -0.125. The van der Waals surface area contributed by atoms with Gasteiger partial charge in [0.15, 0.2) is 0 Å². The van der Waals surface area contributed by atoms with Crippen LogP contribution in [0.1, 0.15) is 46.0 Å². The van der Waals surface area contributed by atoms with Crippen LogP contribution < -0.4 is 16.4 Å². The summed E-state index contributed by atoms with van der Waals surface area (Å²) in [5.41, 5.74) is 4.62. The molecule has 0 aliphatic rings. The lowest BCUT2D eigenvalue weighted by atomic mass is 9.93. The first-order valence-corrected chi connectivity index (χ1v) is 6.47. The second-order valence-corrected chi connectivity index (χ2v) is 5.22. The van der Waals surface area contributed by atoms with Crippen molar-refractivity contribution in [2.24, 2.45) is 11.1 Å². The molecule has 0 aliphatic heterocycles. The summed E-state index contributed by atoms with van der Waals surface area (Å²) in [5.74, 6) is 0.144. The number of nitrogens with one attached hydrogen (secondary N) is 2. The van der Waals surface area contributed by atoms with E-state index in [0.29, 0.717) is 18.5 Å². The molecular weight excluding hydrogens is 246 g/mol. The average Bonchev–Trinajstić information content (AvgIpc) is 2.82. The van der Waals surface area contributed by atoms with E-state index in [4.69, 9.17) is 10.2 Å². The highest BCUT2D eigenvalue weighted by Gasteiger charge is 2.25. The van der Waals surface area contributed by atoms with E-state index < -0.39 is 5.41 Å². The van der Waals surface area contributed by atoms with Crippen molar-refractivity contribution in [3.8, 4) is 0 Å². The van der Waals surface area contributed by atoms with E-state index in [1.54, 1.807) is 13.8 Å². The molecule has 0 bridgehead atoms. The zero-order valence-corrected chi connectivity index (χ0v) is 12.0. The van der Waals surface area contributed by atoms with Gasteiger partial charge in [0.2, 0.25) is 11.8 Å². The van der Waals surface area contributed by atoms with Crippen molar-refractivity contribution >= 4 is 11.9 Å². The van der Waals surface area contributed by atoms with Crippen LogP contribution in [0.4, 0.5) is 6.01 Å². The number of nitrogens with zero attached hydrogens (tertiary/aromatic N) is 2. The number of nitrogens with two attached hydrogens (primary N) is 1. The number of anilines is 1. The van der Waals surface area contributed by atoms with Crippen molar-refractivity contribution in [3.05, 3.63) is 5.89 Å². The first-order chi connectivity index (χ1) is 8.86. The highest BCUT2D eigenvalue weighted by molar-refractivity contribution is 5.80. The molecule has 0 saturated heterocycles. The van der Waals surface area contributed by atoms with Gasteiger partial charge in [-0.05, 0) is 33.7 Å². The molecule has 7 nitrogen and oxygen atoms in total. The van der Waals surface area contributed by atoms with Gasteiger partial charge in [-0.3, -0.25) is 4.79 Å². The van der Waals surface area contributed by atoms with Gasteiger partial charge in [0.1, 0.15) is 0 Å². The van der Waals surface area contributed by atoms with E-state index in [2.05, 4.69) is 27.8 Å². The third-order valence-corrected chi connectivity index (χ3v) is 2.86. The SMILES string of the molecule is CCCNC(C)c1nnc(NCC(C)(C)C(N)=O)o1. The molecule has 1 aromatic heterocycles. The van der Waals surface area contributed by atoms with E-state index >= 15 is 0 Å². The van der Waals surface area contributed by atoms with Gasteiger partial charge in [-0.2, -0.15) is 0 Å². The Morgan fingerprint density at radius 3 is 2.74 bits per heavy atom. The fraction of sp³-hybridized carbons (Fsp3) is 0.750. The van der Waals surface area contributed by atoms with Gasteiger partial charge < -0.3 is 20.8 Å². The zero-order valence-electron chi connectivity index (χ0n) is 12.0. The minimum Gasteiger partial charge on any atom is -0.406 e. The maximum Gasteiger partial charge on any atom is 0.315 e. The van der Waals surface area contributed by atoms with Crippen LogP contribution >= 0.6 is 0 Å². The van der Waals surface area contributed by atoms with Crippen LogP contribution in [-0.4, -0.2) is 29.2 Å². The molecule has 0 spiro atoms. The predicted molar refractivity (Wildman–Crippen MR) is 72.5 cm³/mol. The fourth-order valence-electron chi connectivity index (χ4n) is 1.31. The van der Waals surface area contributed by atoms with Crippen LogP contribution in [0.3, 0.4) is 0 Å². The largest absolute Gasteiger partial charge is 0.406 e. The molecule has 1 atom stereocenters. The monoisotopic (exact) mass is 269 g/mol. The normalized spacial score (nSPS) is 13.3. The summed E-state index contributed by atoms with van der Waals surface area (Å²) in [5, 5.41) is 14.0. The Bertz CT molecular complexity index is 416. The second-order valence-electron chi connectivity index (χ2n) is 5.22. The molecule has 0 aromatic carbocycles. The molecule has 1 heterocycles. The first kappa shape index (κ1) is 15.4. The summed E-state index contributed by atoms with van der Waals surface area (Å²) >= 11 is 0. The lowest BCUT2D eigenvalue weighted by Gasteiger charge is -2.19. The molecule has 108 valence electrons. The van der Waals surface area contributed by atoms with Crippen molar-refractivity contribution in [1.29, 1.82) is 0 Å². The Labute approximate surface area is 113 Å². The van der Waals surface area contributed by atoms with Crippen molar-refractivity contribution in [1.82, 2.24) is 15.5 Å². The molecule has 19 heavy (non-hydrogen) atoms. The molecule has 0 radical (unpaired) electrons. The van der Waals surface area contributed by atoms with Crippen molar-refractivity contribution in [2.45, 2.75) is 40.2 Å².